The van der Waals surface area contributed by atoms with E-state index in [0.29, 0.717) is 61.5 Å². The molecule has 306 valence electrons. The number of hydrogen-bond acceptors (Lipinski definition) is 11. The third-order valence-corrected chi connectivity index (χ3v) is 15.9. The van der Waals surface area contributed by atoms with Gasteiger partial charge in [0.15, 0.2) is 31.3 Å². The van der Waals surface area contributed by atoms with E-state index in [-0.39, 0.29) is 45.9 Å². The summed E-state index contributed by atoms with van der Waals surface area (Å²) in [5, 5.41) is 0.0605. The monoisotopic (exact) mass is 792 g/mol. The second-order valence-electron chi connectivity index (χ2n) is 16.0. The summed E-state index contributed by atoms with van der Waals surface area (Å²) in [4.78, 5) is 61.3. The van der Waals surface area contributed by atoms with Crippen molar-refractivity contribution in [2.75, 3.05) is 47.1 Å². The van der Waals surface area contributed by atoms with Gasteiger partial charge in [-0.15, -0.1) is 0 Å². The molecule has 14 heteroatoms. The Morgan fingerprint density at radius 2 is 1.18 bits per heavy atom. The predicted molar refractivity (Wildman–Crippen MR) is 217 cm³/mol. The van der Waals surface area contributed by atoms with Gasteiger partial charge in [-0.1, -0.05) is 47.0 Å². The van der Waals surface area contributed by atoms with Crippen LogP contribution in [0.2, 0.25) is 18.1 Å². The minimum absolute atomic E-state index is 0.0605. The van der Waals surface area contributed by atoms with E-state index in [2.05, 4.69) is 50.8 Å². The van der Waals surface area contributed by atoms with Crippen molar-refractivity contribution < 1.29 is 42.6 Å². The molecule has 0 radical (unpaired) electrons. The number of amides is 2. The Hall–Kier alpha value is -4.48. The van der Waals surface area contributed by atoms with E-state index in [1.165, 1.54) is 14.2 Å². The highest BCUT2D eigenvalue weighted by Gasteiger charge is 2.40. The summed E-state index contributed by atoms with van der Waals surface area (Å²) in [5.41, 5.74) is 0.971. The molecule has 0 aromatic heterocycles. The Kier molecular flexibility index (Phi) is 16.3. The van der Waals surface area contributed by atoms with E-state index in [0.717, 1.165) is 64.2 Å². The molecule has 2 aromatic carbocycles. The molecule has 0 aliphatic carbocycles. The molecule has 2 atom stereocenters. The van der Waals surface area contributed by atoms with Crippen LogP contribution in [-0.4, -0.2) is 101 Å². The van der Waals surface area contributed by atoms with Crippen LogP contribution in [0.4, 0.5) is 11.4 Å². The van der Waals surface area contributed by atoms with Gasteiger partial charge in [0, 0.05) is 31.3 Å². The number of likely N-dealkylation sites (tertiary alicyclic amines) is 2. The highest BCUT2D eigenvalue weighted by molar-refractivity contribution is 6.74. The fraction of sp³-hybridized carbons (Fsp3) is 0.619. The fourth-order valence-corrected chi connectivity index (χ4v) is 8.04. The number of methoxy groups -OCH3 is 2. The van der Waals surface area contributed by atoms with Gasteiger partial charge >= 0.3 is 0 Å². The predicted octanol–water partition coefficient (Wildman–Crippen LogP) is 8.69. The van der Waals surface area contributed by atoms with Crippen LogP contribution in [0, 0.1) is 0 Å². The number of carbonyl (C=O) groups excluding carboxylic acids is 4. The molecule has 2 heterocycles. The number of hydrogen-bond donors (Lipinski definition) is 0. The first-order valence-electron chi connectivity index (χ1n) is 19.9. The third kappa shape index (κ3) is 11.1. The van der Waals surface area contributed by atoms with Gasteiger partial charge in [-0.2, -0.15) is 9.98 Å². The Labute approximate surface area is 332 Å². The van der Waals surface area contributed by atoms with Crippen LogP contribution in [0.3, 0.4) is 0 Å². The summed E-state index contributed by atoms with van der Waals surface area (Å²) in [6, 6.07) is 6.45. The Balaban J connectivity index is 1.27. The molecule has 2 aliphatic heterocycles. The van der Waals surface area contributed by atoms with Crippen LogP contribution in [0.1, 0.15) is 113 Å². The molecule has 2 saturated heterocycles. The normalized spacial score (nSPS) is 16.9. The SMILES string of the molecule is CC[C@@H]1CCCN1C(=O)c1cc(OC)c(OCCCCCCCOc2cc(N=C=O)c(C(=O)N3CCC[C@H]3CO[Si](C)(C)C(C)(C)C)cc2OC)cc1N=C=O. The number of aliphatic imine (C=N–C) groups is 2. The lowest BCUT2D eigenvalue weighted by Gasteiger charge is -2.38. The van der Waals surface area contributed by atoms with Gasteiger partial charge in [-0.05, 0) is 75.2 Å². The Morgan fingerprint density at radius 3 is 1.61 bits per heavy atom. The maximum Gasteiger partial charge on any atom is 0.256 e. The van der Waals surface area contributed by atoms with Crippen LogP contribution in [0.5, 0.6) is 23.0 Å². The average molecular weight is 793 g/mol. The van der Waals surface area contributed by atoms with Crippen molar-refractivity contribution in [3.8, 4) is 23.0 Å². The number of unbranched alkanes of at least 4 members (excludes halogenated alkanes) is 4. The Bertz CT molecular complexity index is 1760. The summed E-state index contributed by atoms with van der Waals surface area (Å²) in [6.07, 6.45) is 11.9. The maximum absolute atomic E-state index is 13.9. The van der Waals surface area contributed by atoms with Gasteiger partial charge < -0.3 is 33.2 Å². The molecular formula is C42H60N4O9Si. The number of carbonyl (C=O) groups is 2. The first-order chi connectivity index (χ1) is 26.8. The molecule has 0 N–H and O–H groups in total. The molecule has 2 amide bonds. The van der Waals surface area contributed by atoms with Gasteiger partial charge in [0.25, 0.3) is 11.8 Å². The second-order valence-corrected chi connectivity index (χ2v) is 20.8. The van der Waals surface area contributed by atoms with Crippen LogP contribution < -0.4 is 18.9 Å². The summed E-state index contributed by atoms with van der Waals surface area (Å²) in [6.45, 7) is 15.6. The van der Waals surface area contributed by atoms with Crippen molar-refractivity contribution >= 4 is 43.7 Å². The lowest BCUT2D eigenvalue weighted by molar-refractivity contribution is 0.0683. The van der Waals surface area contributed by atoms with Gasteiger partial charge in [0.1, 0.15) is 0 Å². The first-order valence-corrected chi connectivity index (χ1v) is 22.8. The van der Waals surface area contributed by atoms with E-state index in [9.17, 15) is 19.2 Å². The molecule has 0 saturated carbocycles. The third-order valence-electron chi connectivity index (χ3n) is 11.4. The molecule has 2 aromatic rings. The summed E-state index contributed by atoms with van der Waals surface area (Å²) < 4.78 is 29.7. The van der Waals surface area contributed by atoms with Crippen LogP contribution >= 0.6 is 0 Å². The molecule has 0 unspecified atom stereocenters. The maximum atomic E-state index is 13.9. The lowest BCUT2D eigenvalue weighted by Crippen LogP contribution is -2.46. The molecule has 2 aliphatic rings. The smallest absolute Gasteiger partial charge is 0.256 e. The minimum atomic E-state index is -2.00. The van der Waals surface area contributed by atoms with Crippen molar-refractivity contribution in [2.24, 2.45) is 9.98 Å². The average Bonchev–Trinajstić information content (AvgIpc) is 3.86. The lowest BCUT2D eigenvalue weighted by atomic mass is 10.1. The molecule has 2 fully saturated rings. The largest absolute Gasteiger partial charge is 0.493 e. The van der Waals surface area contributed by atoms with Crippen LogP contribution in [-0.2, 0) is 14.0 Å². The first kappa shape index (κ1) is 44.2. The number of nitrogens with zero attached hydrogens (tertiary/aromatic N) is 4. The van der Waals surface area contributed by atoms with Gasteiger partial charge in [-0.3, -0.25) is 9.59 Å². The summed E-state index contributed by atoms with van der Waals surface area (Å²) >= 11 is 0. The number of benzene rings is 2. The Morgan fingerprint density at radius 1 is 0.732 bits per heavy atom. The van der Waals surface area contributed by atoms with E-state index in [4.69, 9.17) is 23.4 Å². The summed E-state index contributed by atoms with van der Waals surface area (Å²) in [5.74, 6) is 1.21. The standard InChI is InChI=1S/C42H60N4O9Si/c1-9-30-17-15-19-45(30)40(49)32-23-36(51-5)38(25-34(32)43-28-47)53-21-13-11-10-12-14-22-54-39-26-35(44-29-48)33(24-37(39)52-6)41(50)46-20-16-18-31(46)27-55-56(7,8)42(2,3)4/h23-26,30-31H,9-22,27H2,1-8H3/t30-,31+/m1/s1. The highest BCUT2D eigenvalue weighted by atomic mass is 28.4. The van der Waals surface area contributed by atoms with Crippen LogP contribution in [0.15, 0.2) is 34.3 Å². The topological polar surface area (TPSA) is 146 Å². The molecule has 56 heavy (non-hydrogen) atoms. The second kappa shape index (κ2) is 20.6. The van der Waals surface area contributed by atoms with Crippen LogP contribution in [0.25, 0.3) is 0 Å². The van der Waals surface area contributed by atoms with Crippen molar-refractivity contribution in [1.29, 1.82) is 0 Å². The highest BCUT2D eigenvalue weighted by Crippen LogP contribution is 2.40. The minimum Gasteiger partial charge on any atom is -0.493 e. The van der Waals surface area contributed by atoms with E-state index >= 15 is 0 Å². The van der Waals surface area contributed by atoms with Gasteiger partial charge in [-0.25, -0.2) is 9.59 Å². The number of isocyanates is 2. The molecule has 0 spiro atoms. The van der Waals surface area contributed by atoms with Crippen molar-refractivity contribution in [3.63, 3.8) is 0 Å². The summed E-state index contributed by atoms with van der Waals surface area (Å²) in [7, 11) is 1.04. The number of rotatable bonds is 20. The van der Waals surface area contributed by atoms with E-state index in [1.807, 2.05) is 9.80 Å². The number of ether oxygens (including phenoxy) is 4. The van der Waals surface area contributed by atoms with Crippen molar-refractivity contribution in [2.45, 2.75) is 122 Å². The zero-order valence-corrected chi connectivity index (χ0v) is 35.5. The fourth-order valence-electron chi connectivity index (χ4n) is 7.00. The van der Waals surface area contributed by atoms with Crippen molar-refractivity contribution in [3.05, 3.63) is 35.4 Å². The molecule has 4 rings (SSSR count). The molecular weight excluding hydrogens is 733 g/mol. The molecule has 13 nitrogen and oxygen atoms in total. The molecule has 0 bridgehead atoms. The zero-order chi connectivity index (χ0) is 40.9. The zero-order valence-electron chi connectivity index (χ0n) is 34.5. The van der Waals surface area contributed by atoms with Crippen molar-refractivity contribution in [1.82, 2.24) is 9.80 Å². The van der Waals surface area contributed by atoms with E-state index < -0.39 is 8.32 Å². The quantitative estimate of drug-likeness (QED) is 0.0556. The van der Waals surface area contributed by atoms with E-state index in [1.54, 1.807) is 36.4 Å². The van der Waals surface area contributed by atoms with Gasteiger partial charge in [0.2, 0.25) is 12.2 Å². The van der Waals surface area contributed by atoms with Gasteiger partial charge in [0.05, 0.1) is 62.6 Å².